The molecule has 1 heterocycles. The third kappa shape index (κ3) is 4.39. The zero-order valence-corrected chi connectivity index (χ0v) is 17.0. The molecule has 1 N–H and O–H groups in total. The first-order valence-corrected chi connectivity index (χ1v) is 9.44. The molecule has 2 amide bonds. The van der Waals surface area contributed by atoms with Crippen LogP contribution in [0.5, 0.6) is 5.75 Å². The van der Waals surface area contributed by atoms with E-state index in [4.69, 9.17) is 16.3 Å². The Balaban J connectivity index is 1.70. The van der Waals surface area contributed by atoms with Crippen molar-refractivity contribution in [2.45, 2.75) is 13.0 Å². The smallest absolute Gasteiger partial charge is 0.229 e. The number of likely N-dealkylation sites (tertiary alicyclic amines) is 1. The molecule has 148 valence electrons. The molecule has 2 aromatic carbocycles. The summed E-state index contributed by atoms with van der Waals surface area (Å²) in [6.45, 7) is 0.799. The van der Waals surface area contributed by atoms with E-state index in [9.17, 15) is 9.59 Å². The van der Waals surface area contributed by atoms with Crippen molar-refractivity contribution in [2.24, 2.45) is 5.92 Å². The van der Waals surface area contributed by atoms with E-state index < -0.39 is 5.92 Å². The minimum Gasteiger partial charge on any atom is -0.496 e. The molecule has 0 aromatic heterocycles. The molecule has 1 saturated heterocycles. The maximum atomic E-state index is 12.8. The van der Waals surface area contributed by atoms with E-state index in [1.54, 1.807) is 24.1 Å². The van der Waals surface area contributed by atoms with Gasteiger partial charge in [-0.15, -0.1) is 0 Å². The number of ether oxygens (including phenoxy) is 1. The lowest BCUT2D eigenvalue weighted by Crippen LogP contribution is -2.28. The summed E-state index contributed by atoms with van der Waals surface area (Å²) in [7, 11) is 5.40. The Morgan fingerprint density at radius 1 is 1.29 bits per heavy atom. The summed E-state index contributed by atoms with van der Waals surface area (Å²) in [6, 6.07) is 12.9. The summed E-state index contributed by atoms with van der Waals surface area (Å²) in [4.78, 5) is 28.8. The number of amides is 2. The molecule has 1 unspecified atom stereocenters. The number of nitrogens with zero attached hydrogens (tertiary/aromatic N) is 2. The van der Waals surface area contributed by atoms with Crippen LogP contribution in [0.4, 0.5) is 11.4 Å². The summed E-state index contributed by atoms with van der Waals surface area (Å²) in [5, 5.41) is 3.48. The van der Waals surface area contributed by atoms with Crippen molar-refractivity contribution in [1.29, 1.82) is 0 Å². The van der Waals surface area contributed by atoms with Crippen LogP contribution < -0.4 is 15.0 Å². The summed E-state index contributed by atoms with van der Waals surface area (Å²) >= 11 is 6.09. The van der Waals surface area contributed by atoms with E-state index in [1.165, 1.54) is 0 Å². The van der Waals surface area contributed by atoms with Crippen molar-refractivity contribution in [2.75, 3.05) is 38.0 Å². The molecule has 0 aliphatic carbocycles. The van der Waals surface area contributed by atoms with Crippen LogP contribution in [-0.2, 0) is 16.1 Å². The average Bonchev–Trinajstić information content (AvgIpc) is 3.02. The highest BCUT2D eigenvalue weighted by molar-refractivity contribution is 6.31. The first-order chi connectivity index (χ1) is 13.4. The standard InChI is InChI=1S/C21H24ClN3O3/c1-24(2)18-9-8-16(22)11-17(18)23-21(27)15-10-20(26)25(13-15)12-14-6-4-5-7-19(14)28-3/h4-9,11,15H,10,12-13H2,1-3H3,(H,23,27). The molecule has 0 radical (unpaired) electrons. The molecule has 1 aliphatic heterocycles. The predicted molar refractivity (Wildman–Crippen MR) is 111 cm³/mol. The molecule has 2 aromatic rings. The van der Waals surface area contributed by atoms with E-state index in [0.717, 1.165) is 17.0 Å². The van der Waals surface area contributed by atoms with Crippen LogP contribution in [-0.4, -0.2) is 44.5 Å². The fraction of sp³-hybridized carbons (Fsp3) is 0.333. The van der Waals surface area contributed by atoms with Crippen molar-refractivity contribution in [3.8, 4) is 5.75 Å². The minimum atomic E-state index is -0.406. The van der Waals surface area contributed by atoms with Gasteiger partial charge in [0.15, 0.2) is 0 Å². The molecule has 0 spiro atoms. The average molecular weight is 402 g/mol. The second-order valence-corrected chi connectivity index (χ2v) is 7.47. The lowest BCUT2D eigenvalue weighted by Gasteiger charge is -2.20. The molecule has 1 atom stereocenters. The Morgan fingerprint density at radius 2 is 2.04 bits per heavy atom. The van der Waals surface area contributed by atoms with Gasteiger partial charge < -0.3 is 19.9 Å². The van der Waals surface area contributed by atoms with E-state index in [1.807, 2.05) is 49.3 Å². The number of halogens is 1. The molecule has 1 aliphatic rings. The Bertz CT molecular complexity index is 885. The Labute approximate surface area is 170 Å². The maximum Gasteiger partial charge on any atom is 0.229 e. The van der Waals surface area contributed by atoms with Crippen LogP contribution in [0.3, 0.4) is 0 Å². The Morgan fingerprint density at radius 3 is 2.75 bits per heavy atom. The van der Waals surface area contributed by atoms with Crippen LogP contribution in [0.1, 0.15) is 12.0 Å². The van der Waals surface area contributed by atoms with E-state index in [2.05, 4.69) is 5.32 Å². The maximum absolute atomic E-state index is 12.8. The van der Waals surface area contributed by atoms with Gasteiger partial charge in [-0.2, -0.15) is 0 Å². The second kappa shape index (κ2) is 8.52. The molecule has 28 heavy (non-hydrogen) atoms. The van der Waals surface area contributed by atoms with Crippen LogP contribution in [0.15, 0.2) is 42.5 Å². The summed E-state index contributed by atoms with van der Waals surface area (Å²) in [5.41, 5.74) is 2.41. The van der Waals surface area contributed by atoms with Crippen molar-refractivity contribution >= 4 is 34.8 Å². The first kappa shape index (κ1) is 20.0. The van der Waals surface area contributed by atoms with Crippen molar-refractivity contribution in [3.63, 3.8) is 0 Å². The number of anilines is 2. The molecule has 1 fully saturated rings. The van der Waals surface area contributed by atoms with Crippen LogP contribution >= 0.6 is 11.6 Å². The molecule has 6 nitrogen and oxygen atoms in total. The normalized spacial score (nSPS) is 16.2. The largest absolute Gasteiger partial charge is 0.496 e. The van der Waals surface area contributed by atoms with E-state index in [-0.39, 0.29) is 18.2 Å². The molecule has 3 rings (SSSR count). The number of hydrogen-bond acceptors (Lipinski definition) is 4. The number of carbonyl (C=O) groups excluding carboxylic acids is 2. The highest BCUT2D eigenvalue weighted by atomic mass is 35.5. The van der Waals surface area contributed by atoms with Gasteiger partial charge in [0.05, 0.1) is 24.4 Å². The Hall–Kier alpha value is -2.73. The van der Waals surface area contributed by atoms with Crippen LogP contribution in [0.25, 0.3) is 0 Å². The monoisotopic (exact) mass is 401 g/mol. The van der Waals surface area contributed by atoms with E-state index >= 15 is 0 Å². The number of carbonyl (C=O) groups is 2. The predicted octanol–water partition coefficient (Wildman–Crippen LogP) is 3.40. The van der Waals surface area contributed by atoms with Gasteiger partial charge in [0, 0.05) is 44.2 Å². The van der Waals surface area contributed by atoms with Crippen molar-refractivity contribution in [1.82, 2.24) is 4.90 Å². The second-order valence-electron chi connectivity index (χ2n) is 7.03. The highest BCUT2D eigenvalue weighted by Gasteiger charge is 2.34. The lowest BCUT2D eigenvalue weighted by molar-refractivity contribution is -0.128. The van der Waals surface area contributed by atoms with Crippen LogP contribution in [0, 0.1) is 5.92 Å². The number of rotatable bonds is 6. The lowest BCUT2D eigenvalue weighted by atomic mass is 10.1. The van der Waals surface area contributed by atoms with Crippen molar-refractivity contribution in [3.05, 3.63) is 53.1 Å². The molecular formula is C21H24ClN3O3. The molecular weight excluding hydrogens is 378 g/mol. The third-order valence-corrected chi connectivity index (χ3v) is 5.07. The molecule has 7 heteroatoms. The van der Waals surface area contributed by atoms with Gasteiger partial charge in [0.2, 0.25) is 11.8 Å². The van der Waals surface area contributed by atoms with Crippen LogP contribution in [0.2, 0.25) is 5.02 Å². The fourth-order valence-corrected chi connectivity index (χ4v) is 3.55. The number of nitrogens with one attached hydrogen (secondary N) is 1. The van der Waals surface area contributed by atoms with E-state index in [0.29, 0.717) is 23.8 Å². The van der Waals surface area contributed by atoms with Gasteiger partial charge in [0.1, 0.15) is 5.75 Å². The molecule has 0 bridgehead atoms. The number of benzene rings is 2. The summed E-state index contributed by atoms with van der Waals surface area (Å²) in [5.74, 6) is 0.111. The summed E-state index contributed by atoms with van der Waals surface area (Å²) in [6.07, 6.45) is 0.193. The first-order valence-electron chi connectivity index (χ1n) is 9.06. The van der Waals surface area contributed by atoms with Gasteiger partial charge in [-0.25, -0.2) is 0 Å². The van der Waals surface area contributed by atoms with Gasteiger partial charge in [0.25, 0.3) is 0 Å². The van der Waals surface area contributed by atoms with Gasteiger partial charge in [-0.1, -0.05) is 29.8 Å². The SMILES string of the molecule is COc1ccccc1CN1CC(C(=O)Nc2cc(Cl)ccc2N(C)C)CC1=O. The zero-order chi connectivity index (χ0) is 20.3. The van der Waals surface area contributed by atoms with Gasteiger partial charge in [-0.05, 0) is 24.3 Å². The number of methoxy groups -OCH3 is 1. The quantitative estimate of drug-likeness (QED) is 0.805. The molecule has 0 saturated carbocycles. The van der Waals surface area contributed by atoms with Crippen molar-refractivity contribution < 1.29 is 14.3 Å². The minimum absolute atomic E-state index is 0.0371. The van der Waals surface area contributed by atoms with Gasteiger partial charge in [-0.3, -0.25) is 9.59 Å². The number of para-hydroxylation sites is 1. The summed E-state index contributed by atoms with van der Waals surface area (Å²) < 4.78 is 5.36. The Kier molecular flexibility index (Phi) is 6.09. The van der Waals surface area contributed by atoms with Gasteiger partial charge >= 0.3 is 0 Å². The zero-order valence-electron chi connectivity index (χ0n) is 16.2. The number of hydrogen-bond donors (Lipinski definition) is 1. The highest BCUT2D eigenvalue weighted by Crippen LogP contribution is 2.30. The fourth-order valence-electron chi connectivity index (χ4n) is 3.37. The topological polar surface area (TPSA) is 61.9 Å². The third-order valence-electron chi connectivity index (χ3n) is 4.84.